The number of nitrogens with one attached hydrogen (secondary N) is 2. The topological polar surface area (TPSA) is 33.3 Å². The van der Waals surface area contributed by atoms with E-state index in [9.17, 15) is 0 Å². The highest BCUT2D eigenvalue weighted by Gasteiger charge is 2.14. The van der Waals surface area contributed by atoms with E-state index in [1.807, 2.05) is 0 Å². The molecule has 0 saturated carbocycles. The molecule has 0 amide bonds. The molecule has 1 saturated heterocycles. The standard InChI is InChI=1S/C12H26N2O/c1-3-13-10-11(2)14-8-4-6-12-7-5-9-15-12/h11-14H,3-10H2,1-2H3. The highest BCUT2D eigenvalue weighted by Crippen LogP contribution is 2.16. The van der Waals surface area contributed by atoms with E-state index in [-0.39, 0.29) is 0 Å². The Labute approximate surface area is 94.0 Å². The predicted molar refractivity (Wildman–Crippen MR) is 64.2 cm³/mol. The van der Waals surface area contributed by atoms with Gasteiger partial charge in [0, 0.05) is 19.2 Å². The molecule has 3 heteroatoms. The van der Waals surface area contributed by atoms with Crippen molar-refractivity contribution in [2.24, 2.45) is 0 Å². The highest BCUT2D eigenvalue weighted by molar-refractivity contribution is 4.67. The molecule has 0 aromatic heterocycles. The molecule has 0 aromatic rings. The van der Waals surface area contributed by atoms with Crippen LogP contribution in [-0.4, -0.2) is 38.4 Å². The molecule has 1 rings (SSSR count). The quantitative estimate of drug-likeness (QED) is 0.601. The molecule has 90 valence electrons. The molecule has 2 unspecified atom stereocenters. The molecule has 1 heterocycles. The molecular formula is C12H26N2O. The van der Waals surface area contributed by atoms with E-state index >= 15 is 0 Å². The number of rotatable bonds is 8. The van der Waals surface area contributed by atoms with Crippen molar-refractivity contribution in [1.29, 1.82) is 0 Å². The summed E-state index contributed by atoms with van der Waals surface area (Å²) in [5, 5.41) is 6.87. The maximum Gasteiger partial charge on any atom is 0.0576 e. The van der Waals surface area contributed by atoms with Crippen LogP contribution >= 0.6 is 0 Å². The van der Waals surface area contributed by atoms with Gasteiger partial charge in [-0.05, 0) is 45.7 Å². The third kappa shape index (κ3) is 6.13. The third-order valence-corrected chi connectivity index (χ3v) is 2.92. The maximum absolute atomic E-state index is 5.58. The number of ether oxygens (including phenoxy) is 1. The van der Waals surface area contributed by atoms with Crippen molar-refractivity contribution >= 4 is 0 Å². The number of hydrogen-bond acceptors (Lipinski definition) is 3. The summed E-state index contributed by atoms with van der Waals surface area (Å²) in [4.78, 5) is 0. The normalized spacial score (nSPS) is 23.2. The lowest BCUT2D eigenvalue weighted by Crippen LogP contribution is -2.36. The summed E-state index contributed by atoms with van der Waals surface area (Å²) in [6, 6.07) is 0.578. The molecule has 15 heavy (non-hydrogen) atoms. The average molecular weight is 214 g/mol. The first-order valence-electron chi connectivity index (χ1n) is 6.38. The van der Waals surface area contributed by atoms with Crippen LogP contribution in [0, 0.1) is 0 Å². The predicted octanol–water partition coefficient (Wildman–Crippen LogP) is 1.53. The van der Waals surface area contributed by atoms with Gasteiger partial charge in [-0.1, -0.05) is 6.92 Å². The first-order chi connectivity index (χ1) is 7.33. The van der Waals surface area contributed by atoms with Crippen LogP contribution in [-0.2, 0) is 4.74 Å². The van der Waals surface area contributed by atoms with Gasteiger partial charge in [0.2, 0.25) is 0 Å². The maximum atomic E-state index is 5.58. The Hall–Kier alpha value is -0.120. The molecule has 0 aliphatic carbocycles. The minimum Gasteiger partial charge on any atom is -0.378 e. The van der Waals surface area contributed by atoms with Crippen LogP contribution in [0.25, 0.3) is 0 Å². The van der Waals surface area contributed by atoms with E-state index in [2.05, 4.69) is 24.5 Å². The van der Waals surface area contributed by atoms with Crippen LogP contribution in [0.4, 0.5) is 0 Å². The SMILES string of the molecule is CCNCC(C)NCCCC1CCCO1. The molecule has 1 aliphatic heterocycles. The van der Waals surface area contributed by atoms with E-state index in [0.717, 1.165) is 26.2 Å². The van der Waals surface area contributed by atoms with Gasteiger partial charge in [-0.3, -0.25) is 0 Å². The fourth-order valence-corrected chi connectivity index (χ4v) is 1.98. The molecule has 1 fully saturated rings. The lowest BCUT2D eigenvalue weighted by Gasteiger charge is -2.15. The molecular weight excluding hydrogens is 188 g/mol. The first-order valence-corrected chi connectivity index (χ1v) is 6.38. The van der Waals surface area contributed by atoms with Crippen LogP contribution in [0.3, 0.4) is 0 Å². The summed E-state index contributed by atoms with van der Waals surface area (Å²) in [6.45, 7) is 8.60. The Morgan fingerprint density at radius 2 is 2.33 bits per heavy atom. The second kappa shape index (κ2) is 8.08. The fraction of sp³-hybridized carbons (Fsp3) is 1.00. The van der Waals surface area contributed by atoms with E-state index < -0.39 is 0 Å². The summed E-state index contributed by atoms with van der Waals surface area (Å²) in [5.74, 6) is 0. The van der Waals surface area contributed by atoms with Crippen molar-refractivity contribution in [3.8, 4) is 0 Å². The summed E-state index contributed by atoms with van der Waals surface area (Å²) in [7, 11) is 0. The van der Waals surface area contributed by atoms with Gasteiger partial charge in [-0.2, -0.15) is 0 Å². The molecule has 0 bridgehead atoms. The van der Waals surface area contributed by atoms with Crippen molar-refractivity contribution in [3.63, 3.8) is 0 Å². The zero-order chi connectivity index (χ0) is 10.9. The molecule has 0 aromatic carbocycles. The van der Waals surface area contributed by atoms with Crippen molar-refractivity contribution < 1.29 is 4.74 Å². The van der Waals surface area contributed by atoms with E-state index in [1.165, 1.54) is 25.7 Å². The fourth-order valence-electron chi connectivity index (χ4n) is 1.98. The smallest absolute Gasteiger partial charge is 0.0576 e. The monoisotopic (exact) mass is 214 g/mol. The zero-order valence-corrected chi connectivity index (χ0v) is 10.2. The zero-order valence-electron chi connectivity index (χ0n) is 10.2. The van der Waals surface area contributed by atoms with Gasteiger partial charge in [0.1, 0.15) is 0 Å². The summed E-state index contributed by atoms with van der Waals surface area (Å²) >= 11 is 0. The Kier molecular flexibility index (Phi) is 6.98. The van der Waals surface area contributed by atoms with Crippen LogP contribution in [0.5, 0.6) is 0 Å². The van der Waals surface area contributed by atoms with Crippen LogP contribution in [0.15, 0.2) is 0 Å². The minimum absolute atomic E-state index is 0.552. The minimum atomic E-state index is 0.552. The summed E-state index contributed by atoms with van der Waals surface area (Å²) < 4.78 is 5.58. The van der Waals surface area contributed by atoms with Gasteiger partial charge in [-0.15, -0.1) is 0 Å². The van der Waals surface area contributed by atoms with Crippen LogP contribution in [0.1, 0.15) is 39.5 Å². The number of likely N-dealkylation sites (N-methyl/N-ethyl adjacent to an activating group) is 1. The van der Waals surface area contributed by atoms with Gasteiger partial charge in [-0.25, -0.2) is 0 Å². The lowest BCUT2D eigenvalue weighted by molar-refractivity contribution is 0.102. The summed E-state index contributed by atoms with van der Waals surface area (Å²) in [5.41, 5.74) is 0. The van der Waals surface area contributed by atoms with Gasteiger partial charge < -0.3 is 15.4 Å². The number of hydrogen-bond donors (Lipinski definition) is 2. The van der Waals surface area contributed by atoms with Gasteiger partial charge in [0.05, 0.1) is 6.10 Å². The van der Waals surface area contributed by atoms with Crippen LogP contribution < -0.4 is 10.6 Å². The van der Waals surface area contributed by atoms with Gasteiger partial charge in [0.25, 0.3) is 0 Å². The van der Waals surface area contributed by atoms with E-state index in [4.69, 9.17) is 4.74 Å². The summed E-state index contributed by atoms with van der Waals surface area (Å²) in [6.07, 6.45) is 5.54. The third-order valence-electron chi connectivity index (χ3n) is 2.92. The van der Waals surface area contributed by atoms with Crippen molar-refractivity contribution in [2.75, 3.05) is 26.2 Å². The second-order valence-corrected chi connectivity index (χ2v) is 4.44. The molecule has 3 nitrogen and oxygen atoms in total. The molecule has 2 atom stereocenters. The first kappa shape index (κ1) is 12.9. The highest BCUT2D eigenvalue weighted by atomic mass is 16.5. The molecule has 1 aliphatic rings. The van der Waals surface area contributed by atoms with Crippen molar-refractivity contribution in [3.05, 3.63) is 0 Å². The van der Waals surface area contributed by atoms with Gasteiger partial charge in [0.15, 0.2) is 0 Å². The Balaban J connectivity index is 1.87. The van der Waals surface area contributed by atoms with E-state index in [1.54, 1.807) is 0 Å². The van der Waals surface area contributed by atoms with Crippen molar-refractivity contribution in [2.45, 2.75) is 51.7 Å². The van der Waals surface area contributed by atoms with Gasteiger partial charge >= 0.3 is 0 Å². The Morgan fingerprint density at radius 3 is 3.00 bits per heavy atom. The Morgan fingerprint density at radius 1 is 1.47 bits per heavy atom. The average Bonchev–Trinajstić information content (AvgIpc) is 2.74. The molecule has 2 N–H and O–H groups in total. The molecule has 0 spiro atoms. The molecule has 0 radical (unpaired) electrons. The largest absolute Gasteiger partial charge is 0.378 e. The van der Waals surface area contributed by atoms with Crippen molar-refractivity contribution in [1.82, 2.24) is 10.6 Å². The lowest BCUT2D eigenvalue weighted by atomic mass is 10.1. The Bertz CT molecular complexity index is 147. The van der Waals surface area contributed by atoms with Crippen LogP contribution in [0.2, 0.25) is 0 Å². The van der Waals surface area contributed by atoms with E-state index in [0.29, 0.717) is 12.1 Å². The second-order valence-electron chi connectivity index (χ2n) is 4.44.